The molecule has 5 nitrogen and oxygen atoms in total. The Hall–Kier alpha value is -2.42. The van der Waals surface area contributed by atoms with Gasteiger partial charge >= 0.3 is 0 Å². The van der Waals surface area contributed by atoms with Gasteiger partial charge in [0, 0.05) is 13.1 Å². The normalized spacial score (nSPS) is 10.4. The highest BCUT2D eigenvalue weighted by atomic mass is 16.5. The molecule has 0 unspecified atom stereocenters. The van der Waals surface area contributed by atoms with Gasteiger partial charge in [-0.25, -0.2) is 0 Å². The van der Waals surface area contributed by atoms with E-state index in [0.29, 0.717) is 26.3 Å². The van der Waals surface area contributed by atoms with E-state index in [0.717, 1.165) is 16.8 Å². The van der Waals surface area contributed by atoms with Crippen molar-refractivity contribution in [3.63, 3.8) is 0 Å². The summed E-state index contributed by atoms with van der Waals surface area (Å²) in [6.07, 6.45) is 0. The Labute approximate surface area is 129 Å². The summed E-state index contributed by atoms with van der Waals surface area (Å²) in [7, 11) is 0. The monoisotopic (exact) mass is 297 g/mol. The molecule has 2 N–H and O–H groups in total. The van der Waals surface area contributed by atoms with Gasteiger partial charge in [0.2, 0.25) is 0 Å². The van der Waals surface area contributed by atoms with Crippen molar-refractivity contribution >= 4 is 0 Å². The zero-order valence-electron chi connectivity index (χ0n) is 12.6. The molecular weight excluding hydrogens is 278 g/mol. The van der Waals surface area contributed by atoms with Crippen LogP contribution in [-0.4, -0.2) is 24.3 Å². The molecule has 0 fully saturated rings. The van der Waals surface area contributed by atoms with Crippen LogP contribution in [0.25, 0.3) is 11.3 Å². The van der Waals surface area contributed by atoms with Gasteiger partial charge in [0.25, 0.3) is 5.56 Å². The maximum absolute atomic E-state index is 12.4. The molecule has 1 heterocycles. The summed E-state index contributed by atoms with van der Waals surface area (Å²) in [6.45, 7) is 3.67. The molecule has 2 aromatic rings. The second-order valence-corrected chi connectivity index (χ2v) is 4.97. The summed E-state index contributed by atoms with van der Waals surface area (Å²) >= 11 is 0. The maximum Gasteiger partial charge on any atom is 0.269 e. The van der Waals surface area contributed by atoms with Gasteiger partial charge in [-0.15, -0.1) is 0 Å². The van der Waals surface area contributed by atoms with Crippen molar-refractivity contribution in [2.75, 3.05) is 19.8 Å². The van der Waals surface area contributed by atoms with E-state index in [4.69, 9.17) is 15.7 Å². The zero-order valence-corrected chi connectivity index (χ0v) is 12.6. The molecule has 114 valence electrons. The van der Waals surface area contributed by atoms with E-state index in [2.05, 4.69) is 0 Å². The van der Waals surface area contributed by atoms with Crippen molar-refractivity contribution in [2.45, 2.75) is 13.5 Å². The minimum absolute atomic E-state index is 0.134. The summed E-state index contributed by atoms with van der Waals surface area (Å²) in [4.78, 5) is 12.4. The fraction of sp³-hybridized carbons (Fsp3) is 0.294. The molecule has 1 aromatic carbocycles. The third-order valence-electron chi connectivity index (χ3n) is 3.36. The second-order valence-electron chi connectivity index (χ2n) is 4.97. The Kier molecular flexibility index (Phi) is 5.48. The summed E-state index contributed by atoms with van der Waals surface area (Å²) in [5.41, 5.74) is 8.09. The van der Waals surface area contributed by atoms with Crippen LogP contribution in [0.1, 0.15) is 11.1 Å². The molecule has 1 aromatic heterocycles. The van der Waals surface area contributed by atoms with Gasteiger partial charge in [0.05, 0.1) is 18.9 Å². The number of pyridine rings is 1. The van der Waals surface area contributed by atoms with Gasteiger partial charge in [-0.05, 0) is 24.6 Å². The lowest BCUT2D eigenvalue weighted by atomic mass is 10.1. The van der Waals surface area contributed by atoms with Gasteiger partial charge in [0.1, 0.15) is 11.6 Å². The lowest BCUT2D eigenvalue weighted by Gasteiger charge is -2.14. The number of rotatable bonds is 6. The van der Waals surface area contributed by atoms with Gasteiger partial charge in [-0.1, -0.05) is 29.8 Å². The van der Waals surface area contributed by atoms with Crippen molar-refractivity contribution in [1.29, 1.82) is 5.26 Å². The molecular formula is C17H19N3O2. The summed E-state index contributed by atoms with van der Waals surface area (Å²) in [6, 6.07) is 13.2. The minimum Gasteiger partial charge on any atom is -0.378 e. The van der Waals surface area contributed by atoms with Gasteiger partial charge < -0.3 is 15.0 Å². The predicted molar refractivity (Wildman–Crippen MR) is 85.5 cm³/mol. The predicted octanol–water partition coefficient (Wildman–Crippen LogP) is 1.67. The van der Waals surface area contributed by atoms with Crippen molar-refractivity contribution in [1.82, 2.24) is 4.57 Å². The quantitative estimate of drug-likeness (QED) is 0.822. The van der Waals surface area contributed by atoms with E-state index in [1.807, 2.05) is 37.3 Å². The number of aromatic nitrogens is 1. The molecule has 0 spiro atoms. The van der Waals surface area contributed by atoms with Crippen molar-refractivity contribution in [2.24, 2.45) is 5.73 Å². The van der Waals surface area contributed by atoms with E-state index < -0.39 is 0 Å². The second kappa shape index (κ2) is 7.55. The Morgan fingerprint density at radius 1 is 1.18 bits per heavy atom. The first-order valence-corrected chi connectivity index (χ1v) is 7.16. The average Bonchev–Trinajstić information content (AvgIpc) is 2.53. The fourth-order valence-corrected chi connectivity index (χ4v) is 2.20. The van der Waals surface area contributed by atoms with E-state index in [9.17, 15) is 4.79 Å². The van der Waals surface area contributed by atoms with Crippen LogP contribution in [0.15, 0.2) is 41.2 Å². The first-order valence-electron chi connectivity index (χ1n) is 7.16. The van der Waals surface area contributed by atoms with Crippen LogP contribution >= 0.6 is 0 Å². The van der Waals surface area contributed by atoms with Gasteiger partial charge in [-0.2, -0.15) is 5.26 Å². The smallest absolute Gasteiger partial charge is 0.269 e. The van der Waals surface area contributed by atoms with Crippen LogP contribution < -0.4 is 11.3 Å². The first-order chi connectivity index (χ1) is 10.7. The zero-order chi connectivity index (χ0) is 15.9. The van der Waals surface area contributed by atoms with Gasteiger partial charge in [-0.3, -0.25) is 4.79 Å². The van der Waals surface area contributed by atoms with E-state index in [-0.39, 0.29) is 11.1 Å². The number of nitrogens with zero attached hydrogens (tertiary/aromatic N) is 2. The molecule has 2 rings (SSSR count). The Morgan fingerprint density at radius 2 is 1.91 bits per heavy atom. The highest BCUT2D eigenvalue weighted by Crippen LogP contribution is 2.19. The number of hydrogen-bond acceptors (Lipinski definition) is 4. The van der Waals surface area contributed by atoms with Crippen molar-refractivity contribution < 1.29 is 4.74 Å². The summed E-state index contributed by atoms with van der Waals surface area (Å²) in [5, 5.41) is 9.04. The molecule has 0 aliphatic rings. The number of ether oxygens (including phenoxy) is 1. The third kappa shape index (κ3) is 3.61. The van der Waals surface area contributed by atoms with Crippen LogP contribution in [0.4, 0.5) is 0 Å². The standard InChI is InChI=1S/C17H19N3O2/c1-13-2-4-14(5-3-13)16-7-6-15(12-19)17(21)20(16)9-11-22-10-8-18/h2-7H,8-11,18H2,1H3. The molecule has 0 aliphatic carbocycles. The number of benzene rings is 1. The molecule has 0 bridgehead atoms. The maximum atomic E-state index is 12.4. The van der Waals surface area contributed by atoms with E-state index in [1.165, 1.54) is 0 Å². The SMILES string of the molecule is Cc1ccc(-c2ccc(C#N)c(=O)n2CCOCCN)cc1. The Balaban J connectivity index is 2.40. The summed E-state index contributed by atoms with van der Waals surface area (Å²) < 4.78 is 6.94. The molecule has 0 atom stereocenters. The Bertz CT molecular complexity index is 727. The van der Waals surface area contributed by atoms with Gasteiger partial charge in [0.15, 0.2) is 0 Å². The highest BCUT2D eigenvalue weighted by Gasteiger charge is 2.10. The van der Waals surface area contributed by atoms with Crippen molar-refractivity contribution in [3.8, 4) is 17.3 Å². The topological polar surface area (TPSA) is 81.0 Å². The Morgan fingerprint density at radius 3 is 2.55 bits per heavy atom. The molecule has 0 radical (unpaired) electrons. The molecule has 22 heavy (non-hydrogen) atoms. The molecule has 5 heteroatoms. The molecule has 0 amide bonds. The lowest BCUT2D eigenvalue weighted by molar-refractivity contribution is 0.133. The number of aryl methyl sites for hydroxylation is 1. The number of nitrogens with two attached hydrogens (primary N) is 1. The summed E-state index contributed by atoms with van der Waals surface area (Å²) in [5.74, 6) is 0. The molecule has 0 saturated heterocycles. The van der Waals surface area contributed by atoms with Crippen LogP contribution in [-0.2, 0) is 11.3 Å². The molecule has 0 saturated carbocycles. The van der Waals surface area contributed by atoms with Crippen molar-refractivity contribution in [3.05, 3.63) is 57.9 Å². The van der Waals surface area contributed by atoms with Crippen LogP contribution in [0.2, 0.25) is 0 Å². The lowest BCUT2D eigenvalue weighted by Crippen LogP contribution is -2.26. The average molecular weight is 297 g/mol. The van der Waals surface area contributed by atoms with E-state index >= 15 is 0 Å². The number of hydrogen-bond donors (Lipinski definition) is 1. The fourth-order valence-electron chi connectivity index (χ4n) is 2.20. The van der Waals surface area contributed by atoms with Crippen LogP contribution in [0.5, 0.6) is 0 Å². The van der Waals surface area contributed by atoms with E-state index in [1.54, 1.807) is 16.7 Å². The first kappa shape index (κ1) is 16.0. The highest BCUT2D eigenvalue weighted by molar-refractivity contribution is 5.60. The minimum atomic E-state index is -0.295. The van der Waals surface area contributed by atoms with Crippen LogP contribution in [0, 0.1) is 18.3 Å². The van der Waals surface area contributed by atoms with Crippen LogP contribution in [0.3, 0.4) is 0 Å². The third-order valence-corrected chi connectivity index (χ3v) is 3.36. The molecule has 0 aliphatic heterocycles. The largest absolute Gasteiger partial charge is 0.378 e. The number of nitriles is 1.